The van der Waals surface area contributed by atoms with E-state index in [0.29, 0.717) is 35.6 Å². The molecule has 8 heteroatoms. The second kappa shape index (κ2) is 9.97. The Morgan fingerprint density at radius 1 is 1.10 bits per heavy atom. The maximum Gasteiger partial charge on any atom is 0.274 e. The molecular formula is C23H27N3O5. The summed E-state index contributed by atoms with van der Waals surface area (Å²) in [6.07, 6.45) is 2.45. The van der Waals surface area contributed by atoms with Crippen LogP contribution in [0.3, 0.4) is 0 Å². The third-order valence-corrected chi connectivity index (χ3v) is 5.10. The fourth-order valence-electron chi connectivity index (χ4n) is 3.44. The Kier molecular flexibility index (Phi) is 7.12. The van der Waals surface area contributed by atoms with Crippen molar-refractivity contribution >= 4 is 16.7 Å². The molecule has 3 aromatic rings. The lowest BCUT2D eigenvalue weighted by molar-refractivity contribution is -0.121. The number of ether oxygens (including phenoxy) is 3. The minimum atomic E-state index is -0.235. The van der Waals surface area contributed by atoms with Crippen molar-refractivity contribution in [3.8, 4) is 17.2 Å². The van der Waals surface area contributed by atoms with Crippen LogP contribution in [-0.4, -0.2) is 43.1 Å². The van der Waals surface area contributed by atoms with Gasteiger partial charge in [0.15, 0.2) is 11.5 Å². The highest BCUT2D eigenvalue weighted by atomic mass is 16.5. The number of methoxy groups -OCH3 is 3. The van der Waals surface area contributed by atoms with Crippen molar-refractivity contribution in [1.82, 2.24) is 15.1 Å². The van der Waals surface area contributed by atoms with Crippen molar-refractivity contribution in [2.45, 2.75) is 32.4 Å². The first-order chi connectivity index (χ1) is 15.0. The third kappa shape index (κ3) is 4.96. The lowest BCUT2D eigenvalue weighted by Gasteiger charge is -2.18. The predicted molar refractivity (Wildman–Crippen MR) is 118 cm³/mol. The van der Waals surface area contributed by atoms with E-state index in [1.165, 1.54) is 26.0 Å². The standard InChI is InChI=1S/C23H27N3O5/c1-5-17(14-26-23(28)18-9-7-6-8-16(18)13-24-26)25-21(27)12-15-10-19(29-2)22(31-4)20(11-15)30-3/h6-11,13,17H,5,12,14H2,1-4H3,(H,25,27)/t17-/m1/s1. The molecule has 0 aliphatic carbocycles. The minimum absolute atomic E-state index is 0.132. The number of fused-ring (bicyclic) bond motifs is 1. The molecule has 1 N–H and O–H groups in total. The van der Waals surface area contributed by atoms with E-state index in [1.807, 2.05) is 25.1 Å². The van der Waals surface area contributed by atoms with E-state index < -0.39 is 0 Å². The Labute approximate surface area is 180 Å². The van der Waals surface area contributed by atoms with Gasteiger partial charge in [-0.05, 0) is 30.2 Å². The smallest absolute Gasteiger partial charge is 0.274 e. The van der Waals surface area contributed by atoms with Crippen molar-refractivity contribution in [2.75, 3.05) is 21.3 Å². The molecule has 0 fully saturated rings. The summed E-state index contributed by atoms with van der Waals surface area (Å²) in [5.41, 5.74) is 0.554. The molecule has 0 saturated carbocycles. The van der Waals surface area contributed by atoms with Crippen LogP contribution in [0.5, 0.6) is 17.2 Å². The first-order valence-electron chi connectivity index (χ1n) is 10.0. The Hall–Kier alpha value is -3.55. The molecule has 164 valence electrons. The van der Waals surface area contributed by atoms with Gasteiger partial charge in [0.1, 0.15) is 0 Å². The maximum atomic E-state index is 12.7. The second-order valence-corrected chi connectivity index (χ2v) is 7.10. The SMILES string of the molecule is CC[C@H](Cn1ncc2ccccc2c1=O)NC(=O)Cc1cc(OC)c(OC)c(OC)c1. The summed E-state index contributed by atoms with van der Waals surface area (Å²) in [7, 11) is 4.59. The van der Waals surface area contributed by atoms with Crippen LogP contribution >= 0.6 is 0 Å². The molecular weight excluding hydrogens is 398 g/mol. The number of carbonyl (C=O) groups is 1. The third-order valence-electron chi connectivity index (χ3n) is 5.10. The van der Waals surface area contributed by atoms with E-state index in [4.69, 9.17) is 14.2 Å². The predicted octanol–water partition coefficient (Wildman–Crippen LogP) is 2.56. The lowest BCUT2D eigenvalue weighted by atomic mass is 10.1. The monoisotopic (exact) mass is 425 g/mol. The summed E-state index contributed by atoms with van der Waals surface area (Å²) >= 11 is 0. The molecule has 8 nitrogen and oxygen atoms in total. The van der Waals surface area contributed by atoms with Crippen molar-refractivity contribution in [1.29, 1.82) is 0 Å². The quantitative estimate of drug-likeness (QED) is 0.567. The highest BCUT2D eigenvalue weighted by molar-refractivity contribution is 5.80. The first kappa shape index (κ1) is 22.1. The van der Waals surface area contributed by atoms with Gasteiger partial charge in [0.05, 0.1) is 45.9 Å². The van der Waals surface area contributed by atoms with E-state index in [0.717, 1.165) is 10.9 Å². The van der Waals surface area contributed by atoms with Crippen LogP contribution in [0, 0.1) is 0 Å². The molecule has 2 aromatic carbocycles. The number of hydrogen-bond acceptors (Lipinski definition) is 6. The minimum Gasteiger partial charge on any atom is -0.493 e. The molecule has 0 spiro atoms. The van der Waals surface area contributed by atoms with Gasteiger partial charge in [-0.3, -0.25) is 9.59 Å². The van der Waals surface area contributed by atoms with E-state index in [1.54, 1.807) is 24.4 Å². The highest BCUT2D eigenvalue weighted by Gasteiger charge is 2.17. The maximum absolute atomic E-state index is 12.7. The van der Waals surface area contributed by atoms with Gasteiger partial charge in [-0.1, -0.05) is 25.1 Å². The van der Waals surface area contributed by atoms with E-state index in [2.05, 4.69) is 10.4 Å². The van der Waals surface area contributed by atoms with E-state index >= 15 is 0 Å². The Morgan fingerprint density at radius 3 is 2.39 bits per heavy atom. The Balaban J connectivity index is 1.73. The number of benzene rings is 2. The van der Waals surface area contributed by atoms with E-state index in [-0.39, 0.29) is 23.9 Å². The average Bonchev–Trinajstić information content (AvgIpc) is 2.79. The zero-order valence-electron chi connectivity index (χ0n) is 18.2. The number of hydrogen-bond donors (Lipinski definition) is 1. The van der Waals surface area contributed by atoms with Crippen molar-refractivity contribution in [3.63, 3.8) is 0 Å². The zero-order chi connectivity index (χ0) is 22.4. The van der Waals surface area contributed by atoms with Crippen molar-refractivity contribution in [2.24, 2.45) is 0 Å². The summed E-state index contributed by atoms with van der Waals surface area (Å²) in [6, 6.07) is 10.6. The van der Waals surface area contributed by atoms with Gasteiger partial charge in [0, 0.05) is 11.4 Å². The van der Waals surface area contributed by atoms with Gasteiger partial charge in [-0.15, -0.1) is 0 Å². The summed E-state index contributed by atoms with van der Waals surface area (Å²) < 4.78 is 17.4. The fourth-order valence-corrected chi connectivity index (χ4v) is 3.44. The molecule has 0 saturated heterocycles. The molecule has 1 amide bonds. The molecule has 31 heavy (non-hydrogen) atoms. The lowest BCUT2D eigenvalue weighted by Crippen LogP contribution is -2.41. The molecule has 0 aliphatic rings. The molecule has 1 atom stereocenters. The Morgan fingerprint density at radius 2 is 1.77 bits per heavy atom. The van der Waals surface area contributed by atoms with Gasteiger partial charge < -0.3 is 19.5 Å². The molecule has 1 aromatic heterocycles. The first-order valence-corrected chi connectivity index (χ1v) is 10.0. The van der Waals surface area contributed by atoms with Gasteiger partial charge in [-0.2, -0.15) is 5.10 Å². The van der Waals surface area contributed by atoms with Crippen molar-refractivity contribution < 1.29 is 19.0 Å². The average molecular weight is 425 g/mol. The molecule has 3 rings (SSSR count). The molecule has 0 unspecified atom stereocenters. The van der Waals surface area contributed by atoms with E-state index in [9.17, 15) is 9.59 Å². The number of carbonyl (C=O) groups excluding carboxylic acids is 1. The van der Waals surface area contributed by atoms with Gasteiger partial charge >= 0.3 is 0 Å². The molecule has 0 aliphatic heterocycles. The highest BCUT2D eigenvalue weighted by Crippen LogP contribution is 2.38. The van der Waals surface area contributed by atoms with Gasteiger partial charge in [-0.25, -0.2) is 4.68 Å². The second-order valence-electron chi connectivity index (χ2n) is 7.10. The van der Waals surface area contributed by atoms with Crippen LogP contribution in [0.4, 0.5) is 0 Å². The number of rotatable bonds is 9. The summed E-state index contributed by atoms with van der Waals surface area (Å²) in [5.74, 6) is 1.28. The number of nitrogens with one attached hydrogen (secondary N) is 1. The largest absolute Gasteiger partial charge is 0.493 e. The van der Waals surface area contributed by atoms with Crippen LogP contribution in [0.2, 0.25) is 0 Å². The van der Waals surface area contributed by atoms with Crippen LogP contribution in [0.1, 0.15) is 18.9 Å². The summed E-state index contributed by atoms with van der Waals surface area (Å²) in [6.45, 7) is 2.25. The normalized spacial score (nSPS) is 11.7. The van der Waals surface area contributed by atoms with Gasteiger partial charge in [0.25, 0.3) is 5.56 Å². The summed E-state index contributed by atoms with van der Waals surface area (Å²) in [4.78, 5) is 25.4. The topological polar surface area (TPSA) is 91.7 Å². The number of amides is 1. The Bertz CT molecular complexity index is 1100. The fraction of sp³-hybridized carbons (Fsp3) is 0.348. The number of nitrogens with zero attached hydrogens (tertiary/aromatic N) is 2. The van der Waals surface area contributed by atoms with Crippen molar-refractivity contribution in [3.05, 3.63) is 58.5 Å². The number of aromatic nitrogens is 2. The molecule has 0 bridgehead atoms. The molecule has 1 heterocycles. The summed E-state index contributed by atoms with van der Waals surface area (Å²) in [5, 5.41) is 8.65. The van der Waals surface area contributed by atoms with Crippen LogP contribution in [0.15, 0.2) is 47.4 Å². The zero-order valence-corrected chi connectivity index (χ0v) is 18.2. The molecule has 0 radical (unpaired) electrons. The van der Waals surface area contributed by atoms with Crippen LogP contribution in [-0.2, 0) is 17.8 Å². The van der Waals surface area contributed by atoms with Crippen LogP contribution in [0.25, 0.3) is 10.8 Å². The van der Waals surface area contributed by atoms with Crippen LogP contribution < -0.4 is 25.1 Å². The van der Waals surface area contributed by atoms with Gasteiger partial charge in [0.2, 0.25) is 11.7 Å².